The predicted octanol–water partition coefficient (Wildman–Crippen LogP) is 11.1. The summed E-state index contributed by atoms with van der Waals surface area (Å²) in [6.07, 6.45) is 14.2. The van der Waals surface area contributed by atoms with Gasteiger partial charge in [0.1, 0.15) is 36.9 Å². The number of nitrogens with one attached hydrogen (secondary N) is 1. The number of hydrogen-bond acceptors (Lipinski definition) is 15. The van der Waals surface area contributed by atoms with E-state index < -0.39 is 90.3 Å². The van der Waals surface area contributed by atoms with Crippen LogP contribution in [0.2, 0.25) is 0 Å². The Kier molecular flexibility index (Phi) is 37.3. The van der Waals surface area contributed by atoms with E-state index in [-0.39, 0.29) is 91.5 Å². The van der Waals surface area contributed by atoms with Gasteiger partial charge in [0, 0.05) is 62.8 Å². The number of alkyl halides is 6. The number of rotatable bonds is 35. The maximum atomic E-state index is 12.8. The van der Waals surface area contributed by atoms with Gasteiger partial charge >= 0.3 is 24.3 Å². The number of aryl methyl sites for hydroxylation is 1. The molecule has 23 heteroatoms. The molecule has 3 aliphatic carbocycles. The number of aliphatic hydroxyl groups excluding tert-OH is 9. The number of esters is 1. The van der Waals surface area contributed by atoms with E-state index in [0.717, 1.165) is 43.5 Å². The summed E-state index contributed by atoms with van der Waals surface area (Å²) in [5, 5.41) is 104. The van der Waals surface area contributed by atoms with E-state index in [1.54, 1.807) is 32.1 Å². The minimum atomic E-state index is -4.49. The van der Waals surface area contributed by atoms with Crippen molar-refractivity contribution in [2.45, 2.75) is 203 Å². The molecule has 15 atom stereocenters. The van der Waals surface area contributed by atoms with Crippen LogP contribution >= 0.6 is 0 Å². The zero-order valence-corrected chi connectivity index (χ0v) is 55.5. The molecule has 540 valence electrons. The van der Waals surface area contributed by atoms with Gasteiger partial charge in [-0.15, -0.1) is 0 Å². The quantitative estimate of drug-likeness (QED) is 0.0113. The van der Waals surface area contributed by atoms with Crippen LogP contribution < -0.4 is 14.8 Å². The summed E-state index contributed by atoms with van der Waals surface area (Å²) >= 11 is 0. The molecule has 0 heterocycles. The summed E-state index contributed by atoms with van der Waals surface area (Å²) in [7, 11) is 0. The first-order valence-electron chi connectivity index (χ1n) is 33.5. The number of aliphatic hydroxyl groups is 9. The van der Waals surface area contributed by atoms with Gasteiger partial charge in [0.05, 0.1) is 60.0 Å². The van der Waals surface area contributed by atoms with Crippen molar-refractivity contribution in [3.8, 4) is 11.5 Å². The highest BCUT2D eigenvalue weighted by Gasteiger charge is 2.42. The first-order chi connectivity index (χ1) is 46.0. The van der Waals surface area contributed by atoms with Crippen LogP contribution in [0.1, 0.15) is 140 Å². The van der Waals surface area contributed by atoms with Crippen molar-refractivity contribution in [3.05, 3.63) is 168 Å². The van der Waals surface area contributed by atoms with E-state index in [4.69, 9.17) is 19.3 Å². The van der Waals surface area contributed by atoms with E-state index in [2.05, 4.69) is 5.32 Å². The Morgan fingerprint density at radius 3 is 1.33 bits per heavy atom. The maximum absolute atomic E-state index is 12.8. The number of amides is 1. The Morgan fingerprint density at radius 2 is 0.938 bits per heavy atom. The fraction of sp³-hybridized carbons (Fsp3) is 0.554. The first kappa shape index (κ1) is 82.8. The minimum absolute atomic E-state index is 0.0101. The fourth-order valence-electron chi connectivity index (χ4n) is 11.8. The molecule has 0 spiro atoms. The highest BCUT2D eigenvalue weighted by atomic mass is 19.4. The van der Waals surface area contributed by atoms with E-state index in [1.807, 2.05) is 79.8 Å². The maximum Gasteiger partial charge on any atom is 0.416 e. The van der Waals surface area contributed by atoms with Crippen LogP contribution in [0.5, 0.6) is 11.5 Å². The van der Waals surface area contributed by atoms with Crippen molar-refractivity contribution >= 4 is 17.8 Å². The molecule has 0 radical (unpaired) electrons. The number of carbonyl (C=O) groups excluding carboxylic acids is 2. The topological polar surface area (TPSA) is 293 Å². The van der Waals surface area contributed by atoms with Crippen molar-refractivity contribution in [1.82, 2.24) is 5.32 Å². The molecule has 17 nitrogen and oxygen atoms in total. The predicted molar refractivity (Wildman–Crippen MR) is 355 cm³/mol. The van der Waals surface area contributed by atoms with Crippen LogP contribution in [0.15, 0.2) is 152 Å². The lowest BCUT2D eigenvalue weighted by atomic mass is 9.89. The number of carbonyl (C=O) groups is 3. The number of allylic oxidation sites excluding steroid dienone is 6. The van der Waals surface area contributed by atoms with Gasteiger partial charge in [-0.1, -0.05) is 115 Å². The molecule has 0 unspecified atom stereocenters. The van der Waals surface area contributed by atoms with Gasteiger partial charge in [-0.3, -0.25) is 14.4 Å². The van der Waals surface area contributed by atoms with E-state index in [9.17, 15) is 86.7 Å². The highest BCUT2D eigenvalue weighted by molar-refractivity contribution is 5.75. The largest absolute Gasteiger partial charge is 0.491 e. The molecule has 3 saturated carbocycles. The Morgan fingerprint density at radius 1 is 0.536 bits per heavy atom. The smallest absolute Gasteiger partial charge is 0.416 e. The molecule has 0 aliphatic heterocycles. The summed E-state index contributed by atoms with van der Waals surface area (Å²) in [6.45, 7) is 5.64. The van der Waals surface area contributed by atoms with Crippen molar-refractivity contribution in [3.63, 3.8) is 0 Å². The van der Waals surface area contributed by atoms with E-state index in [1.165, 1.54) is 42.0 Å². The number of carboxylic acid groups (broad SMARTS) is 1. The zero-order valence-electron chi connectivity index (χ0n) is 55.5. The van der Waals surface area contributed by atoms with Gasteiger partial charge in [0.2, 0.25) is 5.91 Å². The third-order valence-electron chi connectivity index (χ3n) is 16.9. The number of hydrogen-bond donors (Lipinski definition) is 11. The van der Waals surface area contributed by atoms with Crippen LogP contribution in [-0.4, -0.2) is 150 Å². The van der Waals surface area contributed by atoms with Crippen molar-refractivity contribution in [2.24, 2.45) is 35.5 Å². The molecule has 0 bridgehead atoms. The van der Waals surface area contributed by atoms with Gasteiger partial charge in [-0.25, -0.2) is 0 Å². The van der Waals surface area contributed by atoms with Crippen LogP contribution in [0.25, 0.3) is 0 Å². The van der Waals surface area contributed by atoms with Gasteiger partial charge in [-0.2, -0.15) is 26.3 Å². The third-order valence-corrected chi connectivity index (χ3v) is 16.9. The number of aliphatic carboxylic acids is 1. The molecule has 3 aliphatic rings. The molecule has 97 heavy (non-hydrogen) atoms. The van der Waals surface area contributed by atoms with Crippen LogP contribution in [-0.2, 0) is 37.9 Å². The van der Waals surface area contributed by atoms with Gasteiger partial charge in [-0.05, 0) is 151 Å². The van der Waals surface area contributed by atoms with Gasteiger partial charge in [0.15, 0.2) is 0 Å². The monoisotopic (exact) mass is 1370 g/mol. The van der Waals surface area contributed by atoms with Crippen molar-refractivity contribution in [1.29, 1.82) is 0 Å². The van der Waals surface area contributed by atoms with Crippen LogP contribution in [0.3, 0.4) is 0 Å². The number of halogens is 6. The molecule has 6 rings (SSSR count). The summed E-state index contributed by atoms with van der Waals surface area (Å²) in [6, 6.07) is 18.8. The molecule has 3 aromatic rings. The average Bonchev–Trinajstić information content (AvgIpc) is 1.79. The Hall–Kier alpha value is -6.67. The third kappa shape index (κ3) is 32.3. The lowest BCUT2D eigenvalue weighted by Crippen LogP contribution is -2.21. The second kappa shape index (κ2) is 43.7. The van der Waals surface area contributed by atoms with Crippen LogP contribution in [0, 0.1) is 35.5 Å². The molecule has 11 N–H and O–H groups in total. The SMILES string of the molecule is CC(C)OC(=O)CCC/C=C\C[C@@H]1[C@@H](/C=C/[C@@H](O)COc2cccc(C(F)(F)F)c2)[C@H](O)C[C@@H]1O.CCNC(=O)CCC/C=C\C[C@@H]1[C@@H](/C=C/[C@@H](O)CCc2ccccc2)[C@H](O)C[C@@H]1O.O=C(O)CCC/C=C\C[C@@H]1[C@@H](/C=C/[C@@H](O)COc2cccc(C(F)(F)F)c2)[C@H](O)C[C@@H]1O. The van der Waals surface area contributed by atoms with Gasteiger partial charge in [0.25, 0.3) is 0 Å². The molecule has 3 fully saturated rings. The van der Waals surface area contributed by atoms with Crippen molar-refractivity contribution in [2.75, 3.05) is 19.8 Å². The molecular weight excluding hydrogens is 1270 g/mol. The molecule has 0 saturated heterocycles. The number of unbranched alkanes of at least 4 members (excludes halogenated alkanes) is 3. The molecule has 3 aromatic carbocycles. The Balaban J connectivity index is 0.000000310. The summed E-state index contributed by atoms with van der Waals surface area (Å²) in [5.74, 6) is -2.57. The molecular formula is C74H101F6NO16. The number of carboxylic acids is 1. The average molecular weight is 1370 g/mol. The van der Waals surface area contributed by atoms with Gasteiger partial charge < -0.3 is 70.6 Å². The highest BCUT2D eigenvalue weighted by Crippen LogP contribution is 2.40. The minimum Gasteiger partial charge on any atom is -0.491 e. The van der Waals surface area contributed by atoms with Crippen molar-refractivity contribution < 1.29 is 106 Å². The fourth-order valence-corrected chi connectivity index (χ4v) is 11.8. The van der Waals surface area contributed by atoms with E-state index in [0.29, 0.717) is 77.2 Å². The number of ether oxygens (including phenoxy) is 3. The lowest BCUT2D eigenvalue weighted by Gasteiger charge is -2.19. The number of benzene rings is 3. The summed E-state index contributed by atoms with van der Waals surface area (Å²) < 4.78 is 92.3. The normalized spacial score (nSPS) is 24.6. The standard InChI is InChI=1S/C26H35F3O6.C25H37NO4.C23H29F3O6/c1-17(2)35-25(33)11-6-4-3-5-10-21-22(24(32)15-23(21)31)13-12-19(30)16-34-20-9-7-8-18(14-20)26(27,28)29;1-2-26-25(30)13-9-4-3-8-12-21-22(24(29)18-23(21)28)17-16-20(27)15-14-19-10-6-5-7-11-19;24-23(25,26)15-6-5-7-17(12-15)32-14-16(27)10-11-19-18(20(28)13-21(19)29)8-3-1-2-4-9-22(30)31/h3,5,7-9,12-14,17,19,21-24,30-32H,4,6,10-11,15-16H2,1-2H3;3,5-8,10-11,16-17,20-24,27-29H,2,4,9,12-15,18H2,1H3,(H,26,30);1,3,5-7,10-12,16,18-21,27-29H,2,4,8-9,13-14H2,(H,30,31)/b5-3-,13-12+;8-3-,17-16+;3-1-,11-10+/t19-,21-,22-,23+,24-;20-,21+,22+,23-,24+;16-,18-,19-,20+,21-/m101/s1. The zero-order chi connectivity index (χ0) is 71.5. The lowest BCUT2D eigenvalue weighted by molar-refractivity contribution is -0.147. The summed E-state index contributed by atoms with van der Waals surface area (Å²) in [4.78, 5) is 33.5. The van der Waals surface area contributed by atoms with Crippen LogP contribution in [0.4, 0.5) is 26.3 Å². The molecule has 0 aromatic heterocycles. The second-order valence-corrected chi connectivity index (χ2v) is 25.1. The Bertz CT molecular complexity index is 2940. The first-order valence-corrected chi connectivity index (χ1v) is 33.5. The molecule has 1 amide bonds. The second-order valence-electron chi connectivity index (χ2n) is 25.1. The summed E-state index contributed by atoms with van der Waals surface area (Å²) in [5.41, 5.74) is -0.493. The van der Waals surface area contributed by atoms with E-state index >= 15 is 0 Å². The Labute approximate surface area is 565 Å².